The Bertz CT molecular complexity index is 621. The SMILES string of the molecule is O=S(=O)(NCC1CCN(C2CCCC2)CC1)c1cccc(Cl)c1. The third kappa shape index (κ3) is 4.47. The molecule has 0 aromatic heterocycles. The van der Waals surface area contributed by atoms with Crippen LogP contribution < -0.4 is 4.72 Å². The molecule has 1 aliphatic heterocycles. The van der Waals surface area contributed by atoms with E-state index in [4.69, 9.17) is 11.6 Å². The van der Waals surface area contributed by atoms with Gasteiger partial charge >= 0.3 is 0 Å². The van der Waals surface area contributed by atoms with Crippen LogP contribution in [-0.4, -0.2) is 39.0 Å². The Kier molecular flexibility index (Phi) is 5.62. The zero-order chi connectivity index (χ0) is 16.3. The highest BCUT2D eigenvalue weighted by molar-refractivity contribution is 7.89. The van der Waals surface area contributed by atoms with Crippen LogP contribution in [0.2, 0.25) is 5.02 Å². The topological polar surface area (TPSA) is 49.4 Å². The summed E-state index contributed by atoms with van der Waals surface area (Å²) in [6.45, 7) is 2.73. The maximum Gasteiger partial charge on any atom is 0.240 e. The number of piperidine rings is 1. The number of sulfonamides is 1. The van der Waals surface area contributed by atoms with Crippen LogP contribution in [0, 0.1) is 5.92 Å². The van der Waals surface area contributed by atoms with Crippen molar-refractivity contribution in [2.75, 3.05) is 19.6 Å². The van der Waals surface area contributed by atoms with Crippen LogP contribution in [-0.2, 0) is 10.0 Å². The molecule has 1 heterocycles. The molecule has 1 aromatic carbocycles. The number of likely N-dealkylation sites (tertiary alicyclic amines) is 1. The average Bonchev–Trinajstić information content (AvgIpc) is 3.08. The highest BCUT2D eigenvalue weighted by Gasteiger charge is 2.27. The molecule has 0 amide bonds. The summed E-state index contributed by atoms with van der Waals surface area (Å²) in [7, 11) is -3.46. The molecule has 1 aromatic rings. The predicted octanol–water partition coefficient (Wildman–Crippen LogP) is 3.27. The monoisotopic (exact) mass is 356 g/mol. The summed E-state index contributed by atoms with van der Waals surface area (Å²) in [5, 5.41) is 0.442. The van der Waals surface area contributed by atoms with Gasteiger partial charge in [-0.1, -0.05) is 30.5 Å². The van der Waals surface area contributed by atoms with E-state index >= 15 is 0 Å². The summed E-state index contributed by atoms with van der Waals surface area (Å²) in [5.41, 5.74) is 0. The summed E-state index contributed by atoms with van der Waals surface area (Å²) in [6, 6.07) is 7.19. The first kappa shape index (κ1) is 17.2. The molecule has 6 heteroatoms. The molecule has 0 spiro atoms. The highest BCUT2D eigenvalue weighted by Crippen LogP contribution is 2.27. The maximum atomic E-state index is 12.3. The molecule has 0 atom stereocenters. The zero-order valence-corrected chi connectivity index (χ0v) is 15.0. The van der Waals surface area contributed by atoms with Gasteiger partial charge in [0, 0.05) is 17.6 Å². The second kappa shape index (κ2) is 7.51. The van der Waals surface area contributed by atoms with E-state index in [0.29, 0.717) is 17.5 Å². The first-order valence-corrected chi connectivity index (χ1v) is 10.4. The van der Waals surface area contributed by atoms with Crippen molar-refractivity contribution in [3.05, 3.63) is 29.3 Å². The zero-order valence-electron chi connectivity index (χ0n) is 13.4. The Labute approximate surface area is 144 Å². The molecule has 0 unspecified atom stereocenters. The van der Waals surface area contributed by atoms with Gasteiger partial charge in [-0.25, -0.2) is 13.1 Å². The van der Waals surface area contributed by atoms with Crippen LogP contribution in [0.15, 0.2) is 29.2 Å². The van der Waals surface area contributed by atoms with Crippen molar-refractivity contribution in [1.82, 2.24) is 9.62 Å². The first-order chi connectivity index (χ1) is 11.0. The first-order valence-electron chi connectivity index (χ1n) is 8.54. The molecule has 128 valence electrons. The molecular weight excluding hydrogens is 332 g/mol. The van der Waals surface area contributed by atoms with E-state index in [1.165, 1.54) is 31.7 Å². The molecule has 23 heavy (non-hydrogen) atoms. The van der Waals surface area contributed by atoms with Crippen molar-refractivity contribution in [2.45, 2.75) is 49.5 Å². The van der Waals surface area contributed by atoms with Gasteiger partial charge in [0.25, 0.3) is 0 Å². The molecule has 1 saturated carbocycles. The van der Waals surface area contributed by atoms with E-state index in [9.17, 15) is 8.42 Å². The van der Waals surface area contributed by atoms with Crippen molar-refractivity contribution in [3.8, 4) is 0 Å². The van der Waals surface area contributed by atoms with Crippen molar-refractivity contribution >= 4 is 21.6 Å². The number of benzene rings is 1. The molecule has 4 nitrogen and oxygen atoms in total. The largest absolute Gasteiger partial charge is 0.300 e. The fourth-order valence-electron chi connectivity index (χ4n) is 3.74. The minimum Gasteiger partial charge on any atom is -0.300 e. The van der Waals surface area contributed by atoms with Crippen molar-refractivity contribution < 1.29 is 8.42 Å². The molecule has 1 N–H and O–H groups in total. The molecular formula is C17H25ClN2O2S. The summed E-state index contributed by atoms with van der Waals surface area (Å²) < 4.78 is 27.4. The maximum absolute atomic E-state index is 12.3. The molecule has 3 rings (SSSR count). The Morgan fingerprint density at radius 2 is 1.83 bits per heavy atom. The Hall–Kier alpha value is -0.620. The Balaban J connectivity index is 1.49. The van der Waals surface area contributed by atoms with E-state index in [-0.39, 0.29) is 4.90 Å². The van der Waals surface area contributed by atoms with Crippen molar-refractivity contribution in [2.24, 2.45) is 5.92 Å². The summed E-state index contributed by atoms with van der Waals surface area (Å²) in [4.78, 5) is 2.85. The second-order valence-electron chi connectivity index (χ2n) is 6.73. The Morgan fingerprint density at radius 1 is 1.13 bits per heavy atom. The van der Waals surface area contributed by atoms with Crippen LogP contribution in [0.1, 0.15) is 38.5 Å². The van der Waals surface area contributed by atoms with Crippen LogP contribution in [0.3, 0.4) is 0 Å². The van der Waals surface area contributed by atoms with Gasteiger partial charge in [-0.3, -0.25) is 0 Å². The molecule has 2 fully saturated rings. The van der Waals surface area contributed by atoms with E-state index in [1.54, 1.807) is 18.2 Å². The fraction of sp³-hybridized carbons (Fsp3) is 0.647. The van der Waals surface area contributed by atoms with Gasteiger partial charge in [0.1, 0.15) is 0 Å². The van der Waals surface area contributed by atoms with E-state index in [0.717, 1.165) is 32.0 Å². The van der Waals surface area contributed by atoms with Gasteiger partial charge in [-0.2, -0.15) is 0 Å². The molecule has 1 aliphatic carbocycles. The standard InChI is InChI=1S/C17H25ClN2O2S/c18-15-4-3-7-17(12-15)23(21,22)19-13-14-8-10-20(11-9-14)16-5-1-2-6-16/h3-4,7,12,14,16,19H,1-2,5-6,8-11,13H2. The van der Waals surface area contributed by atoms with Crippen LogP contribution >= 0.6 is 11.6 Å². The molecule has 1 saturated heterocycles. The van der Waals surface area contributed by atoms with Gasteiger partial charge in [-0.05, 0) is 62.9 Å². The van der Waals surface area contributed by atoms with E-state index in [2.05, 4.69) is 9.62 Å². The van der Waals surface area contributed by atoms with Gasteiger partial charge in [0.05, 0.1) is 4.90 Å². The highest BCUT2D eigenvalue weighted by atomic mass is 35.5. The Morgan fingerprint density at radius 3 is 2.48 bits per heavy atom. The number of hydrogen-bond donors (Lipinski definition) is 1. The number of nitrogens with one attached hydrogen (secondary N) is 1. The van der Waals surface area contributed by atoms with E-state index < -0.39 is 10.0 Å². The van der Waals surface area contributed by atoms with E-state index in [1.807, 2.05) is 0 Å². The second-order valence-corrected chi connectivity index (χ2v) is 8.93. The predicted molar refractivity (Wildman–Crippen MR) is 93.2 cm³/mol. The number of hydrogen-bond acceptors (Lipinski definition) is 3. The van der Waals surface area contributed by atoms with Crippen LogP contribution in [0.4, 0.5) is 0 Å². The lowest BCUT2D eigenvalue weighted by molar-refractivity contribution is 0.135. The van der Waals surface area contributed by atoms with Gasteiger partial charge in [-0.15, -0.1) is 0 Å². The minimum atomic E-state index is -3.46. The van der Waals surface area contributed by atoms with Crippen LogP contribution in [0.5, 0.6) is 0 Å². The third-order valence-electron chi connectivity index (χ3n) is 5.16. The van der Waals surface area contributed by atoms with Gasteiger partial charge in [0.15, 0.2) is 0 Å². The minimum absolute atomic E-state index is 0.244. The number of nitrogens with zero attached hydrogens (tertiary/aromatic N) is 1. The van der Waals surface area contributed by atoms with Crippen molar-refractivity contribution in [1.29, 1.82) is 0 Å². The molecule has 2 aliphatic rings. The lowest BCUT2D eigenvalue weighted by Gasteiger charge is -2.36. The smallest absolute Gasteiger partial charge is 0.240 e. The average molecular weight is 357 g/mol. The van der Waals surface area contributed by atoms with Gasteiger partial charge in [0.2, 0.25) is 10.0 Å². The summed E-state index contributed by atoms with van der Waals surface area (Å²) in [5.74, 6) is 0.432. The normalized spacial score (nSPS) is 21.8. The fourth-order valence-corrected chi connectivity index (χ4v) is 5.15. The summed E-state index contributed by atoms with van der Waals surface area (Å²) >= 11 is 5.88. The molecule has 0 radical (unpaired) electrons. The molecule has 0 bridgehead atoms. The van der Waals surface area contributed by atoms with Crippen LogP contribution in [0.25, 0.3) is 0 Å². The lowest BCUT2D eigenvalue weighted by atomic mass is 9.96. The van der Waals surface area contributed by atoms with Gasteiger partial charge < -0.3 is 4.90 Å². The number of halogens is 1. The quantitative estimate of drug-likeness (QED) is 0.880. The number of rotatable bonds is 5. The van der Waals surface area contributed by atoms with Crippen molar-refractivity contribution in [3.63, 3.8) is 0 Å². The third-order valence-corrected chi connectivity index (χ3v) is 6.81. The summed E-state index contributed by atoms with van der Waals surface area (Å²) in [6.07, 6.45) is 7.56. The lowest BCUT2D eigenvalue weighted by Crippen LogP contribution is -2.42.